The van der Waals surface area contributed by atoms with Gasteiger partial charge in [0.05, 0.1) is 6.04 Å². The van der Waals surface area contributed by atoms with Crippen LogP contribution in [0.25, 0.3) is 0 Å². The molecule has 2 rings (SSSR count). The van der Waals surface area contributed by atoms with E-state index in [0.29, 0.717) is 11.7 Å². The van der Waals surface area contributed by atoms with Crippen molar-refractivity contribution in [3.05, 3.63) is 18.0 Å². The lowest BCUT2D eigenvalue weighted by atomic mass is 9.93. The van der Waals surface area contributed by atoms with Gasteiger partial charge in [0, 0.05) is 6.20 Å². The minimum absolute atomic E-state index is 0.491. The third-order valence-electron chi connectivity index (χ3n) is 2.24. The number of aromatic nitrogens is 2. The normalized spacial score (nSPS) is 17.8. The molecule has 0 aliphatic heterocycles. The molecule has 0 aromatic carbocycles. The van der Waals surface area contributed by atoms with Crippen molar-refractivity contribution in [2.24, 2.45) is 0 Å². The second-order valence-electron chi connectivity index (χ2n) is 2.90. The molecule has 0 radical (unpaired) electrons. The van der Waals surface area contributed by atoms with Crippen LogP contribution >= 0.6 is 0 Å². The van der Waals surface area contributed by atoms with Gasteiger partial charge in [-0.15, -0.1) is 0 Å². The Bertz CT molecular complexity index is 263. The minimum atomic E-state index is 0.491. The maximum atomic E-state index is 10.5. The standard InChI is InChI=1S/C8H10N2O/c11-6-8-4-5-9-10(8)7-2-1-3-7/h4-7H,1-3H2. The molecule has 0 atom stereocenters. The predicted molar refractivity (Wildman–Crippen MR) is 40.5 cm³/mol. The van der Waals surface area contributed by atoms with Crippen LogP contribution in [0.3, 0.4) is 0 Å². The molecule has 1 aromatic rings. The van der Waals surface area contributed by atoms with Crippen molar-refractivity contribution in [2.45, 2.75) is 25.3 Å². The Kier molecular flexibility index (Phi) is 1.49. The fraction of sp³-hybridized carbons (Fsp3) is 0.500. The summed E-state index contributed by atoms with van der Waals surface area (Å²) in [5.74, 6) is 0. The maximum absolute atomic E-state index is 10.5. The van der Waals surface area contributed by atoms with Crippen molar-refractivity contribution in [3.8, 4) is 0 Å². The molecule has 1 fully saturated rings. The molecular formula is C8H10N2O. The summed E-state index contributed by atoms with van der Waals surface area (Å²) in [4.78, 5) is 10.5. The average molecular weight is 150 g/mol. The van der Waals surface area contributed by atoms with Gasteiger partial charge in [-0.2, -0.15) is 5.10 Å². The van der Waals surface area contributed by atoms with Crippen molar-refractivity contribution in [2.75, 3.05) is 0 Å². The number of carbonyl (C=O) groups excluding carboxylic acids is 1. The monoisotopic (exact) mass is 150 g/mol. The van der Waals surface area contributed by atoms with Crippen LogP contribution in [0.4, 0.5) is 0 Å². The second kappa shape index (κ2) is 2.49. The molecule has 1 saturated carbocycles. The van der Waals surface area contributed by atoms with Crippen LogP contribution in [-0.4, -0.2) is 16.1 Å². The molecule has 0 amide bonds. The highest BCUT2D eigenvalue weighted by molar-refractivity contribution is 5.71. The van der Waals surface area contributed by atoms with Crippen molar-refractivity contribution in [1.29, 1.82) is 0 Å². The SMILES string of the molecule is O=Cc1ccnn1C1CCC1. The quantitative estimate of drug-likeness (QED) is 0.597. The van der Waals surface area contributed by atoms with Crippen molar-refractivity contribution in [3.63, 3.8) is 0 Å². The van der Waals surface area contributed by atoms with Crippen LogP contribution in [0.2, 0.25) is 0 Å². The predicted octanol–water partition coefficient (Wildman–Crippen LogP) is 1.42. The summed E-state index contributed by atoms with van der Waals surface area (Å²) in [5, 5.41) is 4.09. The Morgan fingerprint density at radius 1 is 1.64 bits per heavy atom. The van der Waals surface area contributed by atoms with Gasteiger partial charge in [-0.1, -0.05) is 0 Å². The Labute approximate surface area is 65.0 Å². The van der Waals surface area contributed by atoms with Gasteiger partial charge in [-0.3, -0.25) is 9.48 Å². The highest BCUT2D eigenvalue weighted by Crippen LogP contribution is 2.31. The molecule has 1 heterocycles. The fourth-order valence-electron chi connectivity index (χ4n) is 1.35. The van der Waals surface area contributed by atoms with E-state index < -0.39 is 0 Å². The zero-order valence-corrected chi connectivity index (χ0v) is 6.23. The minimum Gasteiger partial charge on any atom is -0.296 e. The third-order valence-corrected chi connectivity index (χ3v) is 2.24. The topological polar surface area (TPSA) is 34.9 Å². The number of nitrogens with zero attached hydrogens (tertiary/aromatic N) is 2. The Balaban J connectivity index is 2.27. The van der Waals surface area contributed by atoms with E-state index in [4.69, 9.17) is 0 Å². The van der Waals surface area contributed by atoms with E-state index in [2.05, 4.69) is 5.10 Å². The summed E-state index contributed by atoms with van der Waals surface area (Å²) in [6.07, 6.45) is 6.15. The van der Waals surface area contributed by atoms with Crippen LogP contribution in [0.1, 0.15) is 35.8 Å². The summed E-state index contributed by atoms with van der Waals surface area (Å²) < 4.78 is 1.83. The van der Waals surface area contributed by atoms with Gasteiger partial charge in [0.1, 0.15) is 5.69 Å². The summed E-state index contributed by atoms with van der Waals surface area (Å²) >= 11 is 0. The smallest absolute Gasteiger partial charge is 0.168 e. The molecule has 1 aromatic heterocycles. The van der Waals surface area contributed by atoms with Crippen LogP contribution in [0.15, 0.2) is 12.3 Å². The second-order valence-corrected chi connectivity index (χ2v) is 2.90. The number of aldehydes is 1. The zero-order chi connectivity index (χ0) is 7.68. The van der Waals surface area contributed by atoms with E-state index in [0.717, 1.165) is 6.29 Å². The molecule has 1 aliphatic rings. The van der Waals surface area contributed by atoms with Gasteiger partial charge in [-0.25, -0.2) is 0 Å². The first kappa shape index (κ1) is 6.58. The first-order valence-electron chi connectivity index (χ1n) is 3.90. The molecule has 1 aliphatic carbocycles. The molecule has 0 unspecified atom stereocenters. The lowest BCUT2D eigenvalue weighted by Crippen LogP contribution is -2.19. The number of hydrogen-bond donors (Lipinski definition) is 0. The summed E-state index contributed by atoms with van der Waals surface area (Å²) in [6, 6.07) is 2.25. The lowest BCUT2D eigenvalue weighted by molar-refractivity contribution is 0.110. The molecular weight excluding hydrogens is 140 g/mol. The van der Waals surface area contributed by atoms with Crippen LogP contribution in [0, 0.1) is 0 Å². The molecule has 0 spiro atoms. The lowest BCUT2D eigenvalue weighted by Gasteiger charge is -2.26. The molecule has 11 heavy (non-hydrogen) atoms. The molecule has 3 nitrogen and oxygen atoms in total. The largest absolute Gasteiger partial charge is 0.296 e. The average Bonchev–Trinajstić information content (AvgIpc) is 2.32. The number of hydrogen-bond acceptors (Lipinski definition) is 2. The van der Waals surface area contributed by atoms with E-state index in [1.807, 2.05) is 4.68 Å². The van der Waals surface area contributed by atoms with E-state index >= 15 is 0 Å². The highest BCUT2D eigenvalue weighted by Gasteiger charge is 2.21. The van der Waals surface area contributed by atoms with E-state index in [1.54, 1.807) is 12.3 Å². The molecule has 0 bridgehead atoms. The van der Waals surface area contributed by atoms with Gasteiger partial charge in [0.2, 0.25) is 0 Å². The third kappa shape index (κ3) is 0.964. The van der Waals surface area contributed by atoms with Crippen molar-refractivity contribution >= 4 is 6.29 Å². The van der Waals surface area contributed by atoms with Gasteiger partial charge >= 0.3 is 0 Å². The van der Waals surface area contributed by atoms with Crippen molar-refractivity contribution in [1.82, 2.24) is 9.78 Å². The van der Waals surface area contributed by atoms with Crippen LogP contribution in [-0.2, 0) is 0 Å². The molecule has 3 heteroatoms. The zero-order valence-electron chi connectivity index (χ0n) is 6.23. The van der Waals surface area contributed by atoms with Gasteiger partial charge in [0.15, 0.2) is 6.29 Å². The van der Waals surface area contributed by atoms with E-state index in [1.165, 1.54) is 19.3 Å². The maximum Gasteiger partial charge on any atom is 0.168 e. The molecule has 0 N–H and O–H groups in total. The highest BCUT2D eigenvalue weighted by atomic mass is 16.1. The van der Waals surface area contributed by atoms with E-state index in [9.17, 15) is 4.79 Å². The van der Waals surface area contributed by atoms with Crippen LogP contribution < -0.4 is 0 Å². The Morgan fingerprint density at radius 2 is 2.45 bits per heavy atom. The summed E-state index contributed by atoms with van der Waals surface area (Å²) in [5.41, 5.74) is 0.703. The van der Waals surface area contributed by atoms with Gasteiger partial charge in [-0.05, 0) is 25.3 Å². The Morgan fingerprint density at radius 3 is 3.00 bits per heavy atom. The van der Waals surface area contributed by atoms with Gasteiger partial charge < -0.3 is 0 Å². The first-order chi connectivity index (χ1) is 5.42. The first-order valence-corrected chi connectivity index (χ1v) is 3.90. The summed E-state index contributed by atoms with van der Waals surface area (Å²) in [7, 11) is 0. The van der Waals surface area contributed by atoms with Gasteiger partial charge in [0.25, 0.3) is 0 Å². The Hall–Kier alpha value is -1.12. The van der Waals surface area contributed by atoms with E-state index in [-0.39, 0.29) is 0 Å². The molecule has 58 valence electrons. The number of rotatable bonds is 2. The number of carbonyl (C=O) groups is 1. The fourth-order valence-corrected chi connectivity index (χ4v) is 1.35. The molecule has 0 saturated heterocycles. The van der Waals surface area contributed by atoms with Crippen molar-refractivity contribution < 1.29 is 4.79 Å². The van der Waals surface area contributed by atoms with Crippen LogP contribution in [0.5, 0.6) is 0 Å². The summed E-state index contributed by atoms with van der Waals surface area (Å²) in [6.45, 7) is 0.